The predicted molar refractivity (Wildman–Crippen MR) is 109 cm³/mol. The first-order valence-electron chi connectivity index (χ1n) is 8.58. The number of hydrazine groups is 1. The van der Waals surface area contributed by atoms with Gasteiger partial charge < -0.3 is 5.43 Å². The van der Waals surface area contributed by atoms with Crippen molar-refractivity contribution in [3.63, 3.8) is 0 Å². The molecule has 0 saturated heterocycles. The van der Waals surface area contributed by atoms with Crippen LogP contribution in [0.5, 0.6) is 0 Å². The summed E-state index contributed by atoms with van der Waals surface area (Å²) in [5.74, 6) is 0. The lowest BCUT2D eigenvalue weighted by atomic mass is 10.1. The minimum Gasteiger partial charge on any atom is -0.306 e. The van der Waals surface area contributed by atoms with Crippen molar-refractivity contribution in [2.45, 2.75) is 18.7 Å². The Morgan fingerprint density at radius 3 is 2.22 bits per heavy atom. The number of pyridine rings is 1. The summed E-state index contributed by atoms with van der Waals surface area (Å²) < 4.78 is 25.3. The van der Waals surface area contributed by atoms with Crippen LogP contribution in [0.3, 0.4) is 0 Å². The maximum Gasteiger partial charge on any atom is 0.257 e. The Hall–Kier alpha value is -2.96. The number of hydrogen-bond acceptors (Lipinski definition) is 4. The number of hydrogen-bond donors (Lipinski definition) is 2. The fraction of sp³-hybridized carbons (Fsp3) is 0.0952. The number of anilines is 1. The van der Waals surface area contributed by atoms with E-state index in [0.717, 1.165) is 32.9 Å². The molecule has 3 aromatic carbocycles. The maximum atomic E-state index is 12.7. The van der Waals surface area contributed by atoms with Crippen molar-refractivity contribution in [2.75, 3.05) is 5.43 Å². The molecule has 0 spiro atoms. The number of nitrogens with one attached hydrogen (secondary N) is 2. The highest BCUT2D eigenvalue weighted by atomic mass is 32.2. The summed E-state index contributed by atoms with van der Waals surface area (Å²) in [5.41, 5.74) is 7.30. The predicted octanol–water partition coefficient (Wildman–Crippen LogP) is 4.31. The lowest BCUT2D eigenvalue weighted by molar-refractivity contribution is 0.588. The van der Waals surface area contributed by atoms with Crippen LogP contribution in [-0.2, 0) is 10.0 Å². The number of fused-ring (bicyclic) bond motifs is 2. The van der Waals surface area contributed by atoms with Crippen molar-refractivity contribution < 1.29 is 8.42 Å². The highest BCUT2D eigenvalue weighted by Crippen LogP contribution is 2.31. The molecule has 0 amide bonds. The van der Waals surface area contributed by atoms with Gasteiger partial charge in [0.2, 0.25) is 0 Å². The van der Waals surface area contributed by atoms with Crippen molar-refractivity contribution in [1.82, 2.24) is 9.82 Å². The number of para-hydroxylation sites is 1. The van der Waals surface area contributed by atoms with Crippen LogP contribution in [0.25, 0.3) is 21.8 Å². The third-order valence-corrected chi connectivity index (χ3v) is 5.74. The Morgan fingerprint density at radius 1 is 0.778 bits per heavy atom. The van der Waals surface area contributed by atoms with E-state index in [-0.39, 0.29) is 4.90 Å². The number of rotatable bonds is 4. The number of benzene rings is 3. The molecule has 0 unspecified atom stereocenters. The molecule has 0 radical (unpaired) electrons. The second-order valence-electron chi connectivity index (χ2n) is 6.57. The number of aryl methyl sites for hydroxylation is 2. The maximum absolute atomic E-state index is 12.7. The molecular weight excluding hydrogens is 358 g/mol. The monoisotopic (exact) mass is 377 g/mol. The summed E-state index contributed by atoms with van der Waals surface area (Å²) in [4.78, 5) is 7.39. The van der Waals surface area contributed by atoms with Crippen molar-refractivity contribution in [2.24, 2.45) is 0 Å². The number of nitrogens with zero attached hydrogens (tertiary/aromatic N) is 1. The van der Waals surface area contributed by atoms with Gasteiger partial charge in [-0.05, 0) is 44.2 Å². The van der Waals surface area contributed by atoms with Crippen LogP contribution >= 0.6 is 0 Å². The van der Waals surface area contributed by atoms with Crippen LogP contribution in [0, 0.1) is 13.8 Å². The van der Waals surface area contributed by atoms with E-state index in [4.69, 9.17) is 0 Å². The summed E-state index contributed by atoms with van der Waals surface area (Å²) in [6, 6.07) is 20.3. The smallest absolute Gasteiger partial charge is 0.257 e. The zero-order valence-electron chi connectivity index (χ0n) is 15.0. The summed E-state index contributed by atoms with van der Waals surface area (Å²) in [7, 11) is -3.70. The van der Waals surface area contributed by atoms with Gasteiger partial charge in [0.25, 0.3) is 10.0 Å². The molecule has 4 aromatic rings. The van der Waals surface area contributed by atoms with E-state index >= 15 is 0 Å². The lowest BCUT2D eigenvalue weighted by Gasteiger charge is -2.15. The van der Waals surface area contributed by atoms with E-state index in [9.17, 15) is 8.42 Å². The summed E-state index contributed by atoms with van der Waals surface area (Å²) in [6.45, 7) is 3.91. The largest absolute Gasteiger partial charge is 0.306 e. The van der Waals surface area contributed by atoms with Gasteiger partial charge in [-0.25, -0.2) is 13.4 Å². The molecule has 136 valence electrons. The molecule has 1 aromatic heterocycles. The van der Waals surface area contributed by atoms with Crippen molar-refractivity contribution >= 4 is 37.5 Å². The average molecular weight is 377 g/mol. The Labute approximate surface area is 158 Å². The van der Waals surface area contributed by atoms with Gasteiger partial charge in [0.1, 0.15) is 0 Å². The molecular formula is C21H19N3O2S. The van der Waals surface area contributed by atoms with Crippen LogP contribution in [0.15, 0.2) is 71.6 Å². The minimum absolute atomic E-state index is 0.208. The van der Waals surface area contributed by atoms with Gasteiger partial charge in [-0.15, -0.1) is 4.83 Å². The SMILES string of the molecule is Cc1ccc(S(=O)(=O)NNc2c3ccccc3nc3ccc(C)cc23)cc1. The van der Waals surface area contributed by atoms with E-state index in [0.29, 0.717) is 5.69 Å². The fourth-order valence-corrected chi connectivity index (χ4v) is 3.88. The molecule has 0 bridgehead atoms. The molecule has 5 nitrogen and oxygen atoms in total. The standard InChI is InChI=1S/C21H19N3O2S/c1-14-7-10-16(11-8-14)27(25,26)24-23-21-17-5-3-4-6-19(17)22-20-12-9-15(2)13-18(20)21/h3-13,24H,1-2H3,(H,22,23). The third kappa shape index (κ3) is 3.37. The summed E-state index contributed by atoms with van der Waals surface area (Å²) in [6.07, 6.45) is 0. The van der Waals surface area contributed by atoms with E-state index in [2.05, 4.69) is 15.2 Å². The molecule has 0 aliphatic heterocycles. The van der Waals surface area contributed by atoms with Crippen molar-refractivity contribution in [1.29, 1.82) is 0 Å². The average Bonchev–Trinajstić information content (AvgIpc) is 2.66. The molecule has 0 aliphatic carbocycles. The van der Waals surface area contributed by atoms with Crippen LogP contribution < -0.4 is 10.3 Å². The first-order chi connectivity index (χ1) is 12.9. The molecule has 0 saturated carbocycles. The number of sulfonamides is 1. The highest BCUT2D eigenvalue weighted by Gasteiger charge is 2.15. The van der Waals surface area contributed by atoms with Crippen LogP contribution in [0.2, 0.25) is 0 Å². The third-order valence-electron chi connectivity index (χ3n) is 4.48. The van der Waals surface area contributed by atoms with Crippen molar-refractivity contribution in [3.8, 4) is 0 Å². The highest BCUT2D eigenvalue weighted by molar-refractivity contribution is 7.89. The minimum atomic E-state index is -3.70. The number of aromatic nitrogens is 1. The molecule has 0 fully saturated rings. The molecule has 1 heterocycles. The normalized spacial score (nSPS) is 11.8. The van der Waals surface area contributed by atoms with Crippen molar-refractivity contribution in [3.05, 3.63) is 77.9 Å². The fourth-order valence-electron chi connectivity index (χ4n) is 3.03. The van der Waals surface area contributed by atoms with Crippen LogP contribution in [-0.4, -0.2) is 13.4 Å². The van der Waals surface area contributed by atoms with E-state index in [1.807, 2.05) is 56.3 Å². The quantitative estimate of drug-likeness (QED) is 0.411. The van der Waals surface area contributed by atoms with E-state index in [1.54, 1.807) is 24.3 Å². The van der Waals surface area contributed by atoms with Gasteiger partial charge in [0.05, 0.1) is 21.6 Å². The first-order valence-corrected chi connectivity index (χ1v) is 10.1. The Bertz CT molecular complexity index is 1250. The molecule has 2 N–H and O–H groups in total. The Balaban J connectivity index is 1.80. The molecule has 27 heavy (non-hydrogen) atoms. The summed E-state index contributed by atoms with van der Waals surface area (Å²) >= 11 is 0. The second-order valence-corrected chi connectivity index (χ2v) is 8.25. The Kier molecular flexibility index (Phi) is 4.30. The van der Waals surface area contributed by atoms with Gasteiger partial charge in [0, 0.05) is 10.8 Å². The zero-order chi connectivity index (χ0) is 19.0. The van der Waals surface area contributed by atoms with Gasteiger partial charge in [-0.1, -0.05) is 47.5 Å². The van der Waals surface area contributed by atoms with Gasteiger partial charge >= 0.3 is 0 Å². The zero-order valence-corrected chi connectivity index (χ0v) is 15.8. The van der Waals surface area contributed by atoms with Gasteiger partial charge in [-0.3, -0.25) is 0 Å². The first kappa shape index (κ1) is 17.5. The van der Waals surface area contributed by atoms with Gasteiger partial charge in [0.15, 0.2) is 0 Å². The molecule has 0 aliphatic rings. The second kappa shape index (κ2) is 6.64. The molecule has 4 rings (SSSR count). The summed E-state index contributed by atoms with van der Waals surface area (Å²) in [5, 5.41) is 1.71. The Morgan fingerprint density at radius 2 is 1.44 bits per heavy atom. The molecule has 0 atom stereocenters. The lowest BCUT2D eigenvalue weighted by Crippen LogP contribution is -2.29. The van der Waals surface area contributed by atoms with Crippen LogP contribution in [0.1, 0.15) is 11.1 Å². The molecule has 6 heteroatoms. The topological polar surface area (TPSA) is 71.1 Å². The van der Waals surface area contributed by atoms with E-state index in [1.165, 1.54) is 0 Å². The van der Waals surface area contributed by atoms with E-state index < -0.39 is 10.0 Å². The van der Waals surface area contributed by atoms with Crippen LogP contribution in [0.4, 0.5) is 5.69 Å². The van der Waals surface area contributed by atoms with Gasteiger partial charge in [-0.2, -0.15) is 0 Å².